The number of ether oxygens (including phenoxy) is 1. The van der Waals surface area contributed by atoms with Crippen LogP contribution in [-0.2, 0) is 0 Å². The van der Waals surface area contributed by atoms with E-state index in [1.807, 2.05) is 30.3 Å². The van der Waals surface area contributed by atoms with Gasteiger partial charge in [-0.25, -0.2) is 4.98 Å². The molecule has 0 amide bonds. The summed E-state index contributed by atoms with van der Waals surface area (Å²) < 4.78 is 6.71. The number of nitrogens with zero attached hydrogens (tertiary/aromatic N) is 1. The minimum Gasteiger partial charge on any atom is -0.438 e. The van der Waals surface area contributed by atoms with Gasteiger partial charge in [-0.1, -0.05) is 42.5 Å². The van der Waals surface area contributed by atoms with Crippen LogP contribution in [0.25, 0.3) is 10.8 Å². The van der Waals surface area contributed by atoms with Crippen molar-refractivity contribution in [3.63, 3.8) is 0 Å². The molecule has 0 spiro atoms. The van der Waals surface area contributed by atoms with Crippen LogP contribution in [0, 0.1) is 0 Å². The summed E-state index contributed by atoms with van der Waals surface area (Å²) >= 11 is 8.48. The van der Waals surface area contributed by atoms with Crippen LogP contribution in [0.2, 0.25) is 0 Å². The van der Waals surface area contributed by atoms with Gasteiger partial charge in [0.15, 0.2) is 0 Å². The highest BCUT2D eigenvalue weighted by Gasteiger charge is 2.08. The fourth-order valence-electron chi connectivity index (χ4n) is 1.99. The third kappa shape index (κ3) is 2.89. The van der Waals surface area contributed by atoms with Crippen LogP contribution in [0.3, 0.4) is 0 Å². The number of aromatic nitrogens is 1. The Hall–Kier alpha value is -1.98. The number of benzene rings is 2. The molecule has 0 aliphatic heterocycles. The predicted octanol–water partition coefficient (Wildman–Crippen LogP) is 4.42. The first-order valence-corrected chi connectivity index (χ1v) is 7.46. The van der Waals surface area contributed by atoms with Crippen molar-refractivity contribution in [3.8, 4) is 11.6 Å². The van der Waals surface area contributed by atoms with Gasteiger partial charge in [-0.05, 0) is 38.8 Å². The maximum absolute atomic E-state index is 5.81. The van der Waals surface area contributed by atoms with Gasteiger partial charge < -0.3 is 10.5 Å². The molecular formula is C16H11BrN2OS. The van der Waals surface area contributed by atoms with Gasteiger partial charge in [0.05, 0.1) is 4.47 Å². The molecule has 104 valence electrons. The summed E-state index contributed by atoms with van der Waals surface area (Å²) in [5, 5.41) is 2.24. The van der Waals surface area contributed by atoms with E-state index in [2.05, 4.69) is 27.0 Å². The first kappa shape index (κ1) is 14.0. The highest BCUT2D eigenvalue weighted by atomic mass is 79.9. The van der Waals surface area contributed by atoms with E-state index in [-0.39, 0.29) is 0 Å². The van der Waals surface area contributed by atoms with E-state index in [1.54, 1.807) is 18.3 Å². The highest BCUT2D eigenvalue weighted by molar-refractivity contribution is 9.10. The van der Waals surface area contributed by atoms with Gasteiger partial charge in [-0.15, -0.1) is 0 Å². The molecule has 1 heterocycles. The maximum atomic E-state index is 5.81. The predicted molar refractivity (Wildman–Crippen MR) is 91.8 cm³/mol. The summed E-state index contributed by atoms with van der Waals surface area (Å²) in [5.41, 5.74) is 6.26. The van der Waals surface area contributed by atoms with E-state index in [0.717, 1.165) is 20.8 Å². The standard InChI is InChI=1S/C16H11BrN2OS/c17-15-12-4-2-1-3-10(12)5-7-13(15)20-14-8-6-11(9-19-14)16(18)21/h1-9H,(H2,18,21). The number of fused-ring (bicyclic) bond motifs is 1. The van der Waals surface area contributed by atoms with E-state index in [4.69, 9.17) is 22.7 Å². The second kappa shape index (κ2) is 5.79. The Morgan fingerprint density at radius 2 is 1.90 bits per heavy atom. The van der Waals surface area contributed by atoms with Crippen molar-refractivity contribution in [1.82, 2.24) is 4.98 Å². The van der Waals surface area contributed by atoms with E-state index in [9.17, 15) is 0 Å². The van der Waals surface area contributed by atoms with Crippen LogP contribution in [-0.4, -0.2) is 9.97 Å². The zero-order valence-electron chi connectivity index (χ0n) is 10.9. The van der Waals surface area contributed by atoms with Crippen molar-refractivity contribution in [3.05, 3.63) is 64.8 Å². The van der Waals surface area contributed by atoms with Crippen LogP contribution in [0.4, 0.5) is 0 Å². The number of hydrogen-bond acceptors (Lipinski definition) is 3. The Labute approximate surface area is 135 Å². The molecule has 0 saturated carbocycles. The van der Waals surface area contributed by atoms with Crippen molar-refractivity contribution >= 4 is 43.9 Å². The number of thiocarbonyl (C=S) groups is 1. The van der Waals surface area contributed by atoms with Gasteiger partial charge in [0.2, 0.25) is 5.88 Å². The second-order valence-corrected chi connectivity index (χ2v) is 5.68. The molecule has 0 atom stereocenters. The third-order valence-electron chi connectivity index (χ3n) is 3.06. The van der Waals surface area contributed by atoms with Crippen LogP contribution in [0.5, 0.6) is 11.6 Å². The minimum absolute atomic E-state index is 0.320. The number of pyridine rings is 1. The molecule has 3 aromatic rings. The second-order valence-electron chi connectivity index (χ2n) is 4.45. The van der Waals surface area contributed by atoms with Crippen LogP contribution >= 0.6 is 28.1 Å². The zero-order chi connectivity index (χ0) is 14.8. The quantitative estimate of drug-likeness (QED) is 0.703. The van der Waals surface area contributed by atoms with Crippen molar-refractivity contribution in [1.29, 1.82) is 0 Å². The van der Waals surface area contributed by atoms with Gasteiger partial charge in [0, 0.05) is 17.8 Å². The average Bonchev–Trinajstić information content (AvgIpc) is 2.51. The molecule has 0 aliphatic carbocycles. The number of rotatable bonds is 3. The summed E-state index contributed by atoms with van der Waals surface area (Å²) in [7, 11) is 0. The highest BCUT2D eigenvalue weighted by Crippen LogP contribution is 2.35. The monoisotopic (exact) mass is 358 g/mol. The molecule has 5 heteroatoms. The Balaban J connectivity index is 1.94. The molecule has 0 radical (unpaired) electrons. The Morgan fingerprint density at radius 3 is 2.62 bits per heavy atom. The molecular weight excluding hydrogens is 348 g/mol. The first-order chi connectivity index (χ1) is 10.1. The van der Waals surface area contributed by atoms with Crippen LogP contribution < -0.4 is 10.5 Å². The molecule has 3 nitrogen and oxygen atoms in total. The van der Waals surface area contributed by atoms with Gasteiger partial charge in [-0.2, -0.15) is 0 Å². The maximum Gasteiger partial charge on any atom is 0.219 e. The van der Waals surface area contributed by atoms with E-state index < -0.39 is 0 Å². The van der Waals surface area contributed by atoms with E-state index in [0.29, 0.717) is 16.6 Å². The zero-order valence-corrected chi connectivity index (χ0v) is 13.3. The van der Waals surface area contributed by atoms with Gasteiger partial charge in [0.1, 0.15) is 10.7 Å². The smallest absolute Gasteiger partial charge is 0.219 e. The Bertz CT molecular complexity index is 818. The fourth-order valence-corrected chi connectivity index (χ4v) is 2.69. The lowest BCUT2D eigenvalue weighted by Gasteiger charge is -2.09. The largest absolute Gasteiger partial charge is 0.438 e. The molecule has 0 unspecified atom stereocenters. The number of nitrogens with two attached hydrogens (primary N) is 1. The average molecular weight is 359 g/mol. The summed E-state index contributed by atoms with van der Waals surface area (Å²) in [6.45, 7) is 0. The van der Waals surface area contributed by atoms with E-state index >= 15 is 0 Å². The number of hydrogen-bond donors (Lipinski definition) is 1. The first-order valence-electron chi connectivity index (χ1n) is 6.26. The molecule has 0 fully saturated rings. The molecule has 2 N–H and O–H groups in total. The van der Waals surface area contributed by atoms with Gasteiger partial charge in [-0.3, -0.25) is 0 Å². The van der Waals surface area contributed by atoms with Crippen molar-refractivity contribution in [2.24, 2.45) is 5.73 Å². The molecule has 21 heavy (non-hydrogen) atoms. The van der Waals surface area contributed by atoms with Crippen LogP contribution in [0.15, 0.2) is 59.2 Å². The normalized spacial score (nSPS) is 10.5. The Kier molecular flexibility index (Phi) is 3.86. The lowest BCUT2D eigenvalue weighted by molar-refractivity contribution is 0.461. The summed E-state index contributed by atoms with van der Waals surface area (Å²) in [6, 6.07) is 15.6. The molecule has 0 aliphatic rings. The molecule has 1 aromatic heterocycles. The lowest BCUT2D eigenvalue weighted by atomic mass is 10.1. The fraction of sp³-hybridized carbons (Fsp3) is 0. The molecule has 2 aromatic carbocycles. The van der Waals surface area contributed by atoms with Crippen molar-refractivity contribution < 1.29 is 4.74 Å². The summed E-state index contributed by atoms with van der Waals surface area (Å²) in [5.74, 6) is 1.20. The topological polar surface area (TPSA) is 48.1 Å². The van der Waals surface area contributed by atoms with Crippen LogP contribution in [0.1, 0.15) is 5.56 Å². The van der Waals surface area contributed by atoms with Crippen molar-refractivity contribution in [2.45, 2.75) is 0 Å². The molecule has 0 bridgehead atoms. The van der Waals surface area contributed by atoms with Gasteiger partial charge >= 0.3 is 0 Å². The molecule has 0 saturated heterocycles. The lowest BCUT2D eigenvalue weighted by Crippen LogP contribution is -2.09. The van der Waals surface area contributed by atoms with Gasteiger partial charge in [0.25, 0.3) is 0 Å². The SMILES string of the molecule is NC(=S)c1ccc(Oc2ccc3ccccc3c2Br)nc1. The number of halogens is 1. The van der Waals surface area contributed by atoms with E-state index in [1.165, 1.54) is 0 Å². The summed E-state index contributed by atoms with van der Waals surface area (Å²) in [4.78, 5) is 4.53. The minimum atomic E-state index is 0.320. The third-order valence-corrected chi connectivity index (χ3v) is 4.12. The Morgan fingerprint density at radius 1 is 1.10 bits per heavy atom. The summed E-state index contributed by atoms with van der Waals surface area (Å²) in [6.07, 6.45) is 1.60. The molecule has 3 rings (SSSR count). The van der Waals surface area contributed by atoms with Crippen molar-refractivity contribution in [2.75, 3.05) is 0 Å².